The fourth-order valence-electron chi connectivity index (χ4n) is 4.28. The molecule has 2 aromatic carbocycles. The molecule has 6 aromatic rings. The number of hydrogen-bond donors (Lipinski definition) is 1. The van der Waals surface area contributed by atoms with Gasteiger partial charge in [-0.15, -0.1) is 10.2 Å². The van der Waals surface area contributed by atoms with Crippen molar-refractivity contribution in [3.8, 4) is 11.1 Å². The van der Waals surface area contributed by atoms with E-state index in [1.165, 1.54) is 39.7 Å². The second-order valence-electron chi connectivity index (χ2n) is 8.07. The minimum Gasteiger partial charge on any atom is -0.361 e. The van der Waals surface area contributed by atoms with Crippen molar-refractivity contribution in [3.63, 3.8) is 0 Å². The maximum absolute atomic E-state index is 13.7. The summed E-state index contributed by atoms with van der Waals surface area (Å²) in [7, 11) is 0. The number of benzene rings is 2. The summed E-state index contributed by atoms with van der Waals surface area (Å²) in [6, 6.07) is 10.6. The minimum absolute atomic E-state index is 0.0909. The Morgan fingerprint density at radius 3 is 2.62 bits per heavy atom. The molecule has 0 aliphatic heterocycles. The monoisotopic (exact) mass is 457 g/mol. The first-order chi connectivity index (χ1) is 16.5. The van der Waals surface area contributed by atoms with E-state index in [1.54, 1.807) is 18.2 Å². The van der Waals surface area contributed by atoms with E-state index in [4.69, 9.17) is 0 Å². The van der Waals surface area contributed by atoms with E-state index in [2.05, 4.69) is 25.3 Å². The predicted molar refractivity (Wildman–Crippen MR) is 122 cm³/mol. The van der Waals surface area contributed by atoms with Crippen molar-refractivity contribution in [2.45, 2.75) is 19.9 Å². The van der Waals surface area contributed by atoms with Gasteiger partial charge in [0.25, 0.3) is 5.56 Å². The number of H-pyrrole nitrogens is 1. The third-order valence-corrected chi connectivity index (χ3v) is 5.96. The first-order valence-corrected chi connectivity index (χ1v) is 10.6. The highest BCUT2D eigenvalue weighted by Crippen LogP contribution is 2.28. The van der Waals surface area contributed by atoms with Crippen molar-refractivity contribution in [2.75, 3.05) is 0 Å². The van der Waals surface area contributed by atoms with Gasteiger partial charge in [0.1, 0.15) is 18.0 Å². The Hall–Kier alpha value is -4.47. The van der Waals surface area contributed by atoms with Crippen molar-refractivity contribution >= 4 is 27.7 Å². The summed E-state index contributed by atoms with van der Waals surface area (Å²) in [6.07, 6.45) is 3.77. The number of hydrogen-bond acceptors (Lipinski definition) is 5. The molecule has 0 aliphatic carbocycles. The van der Waals surface area contributed by atoms with E-state index in [-0.39, 0.29) is 28.4 Å². The third-order valence-electron chi connectivity index (χ3n) is 5.96. The van der Waals surface area contributed by atoms with E-state index < -0.39 is 0 Å². The van der Waals surface area contributed by atoms with Crippen LogP contribution in [0.3, 0.4) is 0 Å². The molecule has 34 heavy (non-hydrogen) atoms. The molecule has 6 rings (SSSR count). The molecule has 0 atom stereocenters. The Balaban J connectivity index is 1.39. The van der Waals surface area contributed by atoms with E-state index in [1.807, 2.05) is 13.1 Å². The maximum Gasteiger partial charge on any atom is 0.283 e. The van der Waals surface area contributed by atoms with Gasteiger partial charge >= 0.3 is 0 Å². The smallest absolute Gasteiger partial charge is 0.283 e. The van der Waals surface area contributed by atoms with Crippen LogP contribution in [0.4, 0.5) is 8.78 Å². The van der Waals surface area contributed by atoms with Gasteiger partial charge in [-0.3, -0.25) is 9.36 Å². The molecule has 0 bridgehead atoms. The number of aromatic nitrogens is 7. The molecule has 0 spiro atoms. The quantitative estimate of drug-likeness (QED) is 0.435. The summed E-state index contributed by atoms with van der Waals surface area (Å²) in [5, 5.41) is 13.7. The molecule has 0 saturated carbocycles. The molecule has 0 radical (unpaired) electrons. The summed E-state index contributed by atoms with van der Waals surface area (Å²) < 4.78 is 30.0. The zero-order valence-electron chi connectivity index (χ0n) is 18.0. The molecule has 4 heterocycles. The number of fused-ring (bicyclic) bond motifs is 4. The second-order valence-corrected chi connectivity index (χ2v) is 8.07. The van der Waals surface area contributed by atoms with Crippen LogP contribution >= 0.6 is 0 Å². The molecule has 1 N–H and O–H groups in total. The third kappa shape index (κ3) is 3.14. The number of aryl methyl sites for hydroxylation is 3. The van der Waals surface area contributed by atoms with Gasteiger partial charge in [0.15, 0.2) is 16.8 Å². The first-order valence-electron chi connectivity index (χ1n) is 10.6. The number of nitrogens with zero attached hydrogens (tertiary/aromatic N) is 6. The Bertz CT molecular complexity index is 1770. The highest BCUT2D eigenvalue weighted by Gasteiger charge is 2.18. The van der Waals surface area contributed by atoms with Gasteiger partial charge in [0.2, 0.25) is 0 Å². The average molecular weight is 457 g/mol. The molecule has 0 amide bonds. The van der Waals surface area contributed by atoms with Gasteiger partial charge in [0.05, 0.1) is 11.3 Å². The summed E-state index contributed by atoms with van der Waals surface area (Å²) in [6.45, 7) is 2.15. The highest BCUT2D eigenvalue weighted by molar-refractivity contribution is 5.84. The van der Waals surface area contributed by atoms with Crippen LogP contribution in [0.25, 0.3) is 38.8 Å². The van der Waals surface area contributed by atoms with Gasteiger partial charge < -0.3 is 4.98 Å². The van der Waals surface area contributed by atoms with E-state index in [9.17, 15) is 13.6 Å². The van der Waals surface area contributed by atoms with Crippen molar-refractivity contribution in [1.29, 1.82) is 0 Å². The molecule has 0 unspecified atom stereocenters. The fraction of sp³-hybridized carbons (Fsp3) is 0.125. The van der Waals surface area contributed by atoms with Gasteiger partial charge in [-0.2, -0.15) is 9.61 Å². The van der Waals surface area contributed by atoms with Crippen molar-refractivity contribution in [2.24, 2.45) is 0 Å². The van der Waals surface area contributed by atoms with Crippen LogP contribution in [-0.4, -0.2) is 34.3 Å². The molecular formula is C24H17F2N7O. The SMILES string of the molecule is Cc1nn2c(nnc3c(=O)n(CCc4c[nH]c5ccc(F)cc45)cnc32)c1-c1ccc(F)cc1. The zero-order valence-corrected chi connectivity index (χ0v) is 18.0. The lowest BCUT2D eigenvalue weighted by molar-refractivity contribution is 0.628. The number of halogens is 2. The highest BCUT2D eigenvalue weighted by atomic mass is 19.1. The Morgan fingerprint density at radius 2 is 1.79 bits per heavy atom. The summed E-state index contributed by atoms with van der Waals surface area (Å²) >= 11 is 0. The van der Waals surface area contributed by atoms with E-state index in [0.717, 1.165) is 22.0 Å². The molecule has 10 heteroatoms. The lowest BCUT2D eigenvalue weighted by atomic mass is 10.1. The van der Waals surface area contributed by atoms with Crippen molar-refractivity contribution < 1.29 is 8.78 Å². The maximum atomic E-state index is 13.7. The Morgan fingerprint density at radius 1 is 1.00 bits per heavy atom. The molecule has 8 nitrogen and oxygen atoms in total. The van der Waals surface area contributed by atoms with Crippen LogP contribution in [0.1, 0.15) is 11.3 Å². The molecule has 4 aromatic heterocycles. The molecule has 0 fully saturated rings. The largest absolute Gasteiger partial charge is 0.361 e. The van der Waals surface area contributed by atoms with E-state index >= 15 is 0 Å². The predicted octanol–water partition coefficient (Wildman–Crippen LogP) is 3.81. The van der Waals surface area contributed by atoms with Gasteiger partial charge in [-0.05, 0) is 54.8 Å². The van der Waals surface area contributed by atoms with Crippen LogP contribution in [0.5, 0.6) is 0 Å². The van der Waals surface area contributed by atoms with Crippen molar-refractivity contribution in [3.05, 3.63) is 88.2 Å². The van der Waals surface area contributed by atoms with E-state index in [0.29, 0.717) is 29.9 Å². The normalized spacial score (nSPS) is 11.7. The lowest BCUT2D eigenvalue weighted by Gasteiger charge is -2.06. The number of nitrogens with one attached hydrogen (secondary N) is 1. The van der Waals surface area contributed by atoms with Gasteiger partial charge in [-0.1, -0.05) is 12.1 Å². The summed E-state index contributed by atoms with van der Waals surface area (Å²) in [5.41, 5.74) is 4.30. The van der Waals surface area contributed by atoms with Crippen molar-refractivity contribution in [1.82, 2.24) is 34.3 Å². The Kier molecular flexibility index (Phi) is 4.47. The Labute approximate surface area is 190 Å². The van der Waals surface area contributed by atoms with Crippen LogP contribution < -0.4 is 5.56 Å². The van der Waals surface area contributed by atoms with Gasteiger partial charge in [0, 0.05) is 23.6 Å². The standard InChI is InChI=1S/C24H17F2N7O/c1-13-20(14-2-4-16(25)5-3-14)22-30-29-21-23(33(22)31-13)28-12-32(24(21)34)9-8-15-11-27-19-7-6-17(26)10-18(15)19/h2-7,10-12,27H,8-9H2,1H3. The van der Waals surface area contributed by atoms with Crippen LogP contribution in [0.2, 0.25) is 0 Å². The van der Waals surface area contributed by atoms with Crippen LogP contribution in [-0.2, 0) is 13.0 Å². The molecule has 168 valence electrons. The van der Waals surface area contributed by atoms with Crippen LogP contribution in [0, 0.1) is 18.6 Å². The average Bonchev–Trinajstić information content (AvgIpc) is 3.39. The zero-order chi connectivity index (χ0) is 23.4. The minimum atomic E-state index is -0.345. The fourth-order valence-corrected chi connectivity index (χ4v) is 4.28. The van der Waals surface area contributed by atoms with Crippen LogP contribution in [0.15, 0.2) is 59.8 Å². The summed E-state index contributed by atoms with van der Waals surface area (Å²) in [5.74, 6) is -0.652. The summed E-state index contributed by atoms with van der Waals surface area (Å²) in [4.78, 5) is 20.7. The molecule has 0 saturated heterocycles. The molecule has 0 aliphatic rings. The number of aromatic amines is 1. The molecular weight excluding hydrogens is 440 g/mol. The topological polar surface area (TPSA) is 93.8 Å². The number of rotatable bonds is 4. The second kappa shape index (κ2) is 7.55. The first kappa shape index (κ1) is 20.2. The van der Waals surface area contributed by atoms with Gasteiger partial charge in [-0.25, -0.2) is 13.8 Å². The lowest BCUT2D eigenvalue weighted by Crippen LogP contribution is -2.23.